The lowest BCUT2D eigenvalue weighted by molar-refractivity contribution is -0.132. The van der Waals surface area contributed by atoms with Crippen LogP contribution in [0, 0.1) is 0 Å². The van der Waals surface area contributed by atoms with Gasteiger partial charge >= 0.3 is 0 Å². The smallest absolute Gasteiger partial charge is 0.243 e. The average Bonchev–Trinajstić information content (AvgIpc) is 2.70. The van der Waals surface area contributed by atoms with Crippen molar-refractivity contribution >= 4 is 17.5 Å². The number of carbonyl (C=O) groups is 2. The Labute approximate surface area is 161 Å². The standard InChI is InChI=1S/C20H32N4O3/c1-16(2)18-10-9-17(15-21-18)23-11-13-24(14-12-23)20(26)8-6-4-3-5-7-19(25)22-27/h9-10,15-16,27H,3-8,11-14H2,1-2H3,(H,22,25). The number of hydroxylamine groups is 1. The highest BCUT2D eigenvalue weighted by atomic mass is 16.5. The molecule has 0 spiro atoms. The van der Waals surface area contributed by atoms with Gasteiger partial charge in [0.05, 0.1) is 11.9 Å². The van der Waals surface area contributed by atoms with E-state index >= 15 is 0 Å². The molecule has 2 N–H and O–H groups in total. The molecule has 0 bridgehead atoms. The number of anilines is 1. The van der Waals surface area contributed by atoms with Gasteiger partial charge < -0.3 is 9.80 Å². The van der Waals surface area contributed by atoms with E-state index < -0.39 is 0 Å². The highest BCUT2D eigenvalue weighted by Gasteiger charge is 2.21. The molecule has 0 atom stereocenters. The van der Waals surface area contributed by atoms with Gasteiger partial charge in [0.1, 0.15) is 0 Å². The molecule has 1 aliphatic rings. The highest BCUT2D eigenvalue weighted by molar-refractivity contribution is 5.76. The summed E-state index contributed by atoms with van der Waals surface area (Å²) in [4.78, 5) is 32.0. The van der Waals surface area contributed by atoms with Crippen molar-refractivity contribution in [2.75, 3.05) is 31.1 Å². The number of aromatic nitrogens is 1. The normalized spacial score (nSPS) is 14.5. The number of nitrogens with zero attached hydrogens (tertiary/aromatic N) is 3. The quantitative estimate of drug-likeness (QED) is 0.393. The van der Waals surface area contributed by atoms with Gasteiger partial charge in [0.15, 0.2) is 0 Å². The van der Waals surface area contributed by atoms with E-state index in [1.54, 1.807) is 5.48 Å². The van der Waals surface area contributed by atoms with Crippen molar-refractivity contribution in [1.82, 2.24) is 15.4 Å². The van der Waals surface area contributed by atoms with E-state index in [1.165, 1.54) is 0 Å². The Hall–Kier alpha value is -2.15. The lowest BCUT2D eigenvalue weighted by Gasteiger charge is -2.36. The number of piperazine rings is 1. The summed E-state index contributed by atoms with van der Waals surface area (Å²) in [7, 11) is 0. The van der Waals surface area contributed by atoms with Crippen LogP contribution in [-0.4, -0.2) is 53.1 Å². The van der Waals surface area contributed by atoms with Gasteiger partial charge in [0.25, 0.3) is 0 Å². The van der Waals surface area contributed by atoms with Crippen molar-refractivity contribution in [2.24, 2.45) is 0 Å². The number of carbonyl (C=O) groups excluding carboxylic acids is 2. The predicted molar refractivity (Wildman–Crippen MR) is 105 cm³/mol. The van der Waals surface area contributed by atoms with Gasteiger partial charge in [-0.3, -0.25) is 19.8 Å². The van der Waals surface area contributed by atoms with Gasteiger partial charge in [-0.05, 0) is 30.9 Å². The van der Waals surface area contributed by atoms with E-state index in [0.29, 0.717) is 18.8 Å². The molecule has 0 aromatic carbocycles. The first-order valence-electron chi connectivity index (χ1n) is 9.93. The fraction of sp³-hybridized carbons (Fsp3) is 0.650. The molecule has 0 saturated carbocycles. The zero-order chi connectivity index (χ0) is 19.6. The van der Waals surface area contributed by atoms with Crippen LogP contribution >= 0.6 is 0 Å². The van der Waals surface area contributed by atoms with Crippen LogP contribution in [0.3, 0.4) is 0 Å². The van der Waals surface area contributed by atoms with Gasteiger partial charge in [-0.1, -0.05) is 26.7 Å². The first kappa shape index (κ1) is 21.2. The summed E-state index contributed by atoms with van der Waals surface area (Å²) in [5, 5.41) is 8.42. The number of pyridine rings is 1. The molecule has 1 aromatic heterocycles. The van der Waals surface area contributed by atoms with E-state index in [4.69, 9.17) is 5.21 Å². The Kier molecular flexibility index (Phi) is 8.51. The van der Waals surface area contributed by atoms with E-state index in [1.807, 2.05) is 11.1 Å². The molecule has 0 unspecified atom stereocenters. The van der Waals surface area contributed by atoms with Crippen LogP contribution in [0.25, 0.3) is 0 Å². The summed E-state index contributed by atoms with van der Waals surface area (Å²) in [6.45, 7) is 7.45. The molecule has 7 nitrogen and oxygen atoms in total. The van der Waals surface area contributed by atoms with Crippen LogP contribution in [0.15, 0.2) is 18.3 Å². The summed E-state index contributed by atoms with van der Waals surface area (Å²) in [5.74, 6) is 0.300. The van der Waals surface area contributed by atoms with Gasteiger partial charge in [0.2, 0.25) is 11.8 Å². The summed E-state index contributed by atoms with van der Waals surface area (Å²) >= 11 is 0. The second-order valence-corrected chi connectivity index (χ2v) is 7.41. The number of hydrogen-bond donors (Lipinski definition) is 2. The topological polar surface area (TPSA) is 85.8 Å². The van der Waals surface area contributed by atoms with Gasteiger partial charge in [-0.15, -0.1) is 0 Å². The van der Waals surface area contributed by atoms with Crippen LogP contribution in [0.5, 0.6) is 0 Å². The zero-order valence-corrected chi connectivity index (χ0v) is 16.5. The monoisotopic (exact) mass is 376 g/mol. The van der Waals surface area contributed by atoms with Crippen molar-refractivity contribution < 1.29 is 14.8 Å². The van der Waals surface area contributed by atoms with Crippen LogP contribution in [0.2, 0.25) is 0 Å². The minimum atomic E-state index is -0.349. The molecular weight excluding hydrogens is 344 g/mol. The number of rotatable bonds is 9. The minimum Gasteiger partial charge on any atom is -0.367 e. The first-order valence-corrected chi connectivity index (χ1v) is 9.93. The molecule has 150 valence electrons. The summed E-state index contributed by atoms with van der Waals surface area (Å²) in [5.41, 5.74) is 3.86. The maximum Gasteiger partial charge on any atom is 0.243 e. The molecule has 2 amide bonds. The molecule has 1 saturated heterocycles. The molecule has 2 rings (SSSR count). The van der Waals surface area contributed by atoms with E-state index in [0.717, 1.165) is 63.2 Å². The lowest BCUT2D eigenvalue weighted by Crippen LogP contribution is -2.48. The van der Waals surface area contributed by atoms with E-state index in [2.05, 4.69) is 35.9 Å². The van der Waals surface area contributed by atoms with Gasteiger partial charge in [0, 0.05) is 44.7 Å². The molecule has 7 heteroatoms. The third-order valence-electron chi connectivity index (χ3n) is 5.03. The Morgan fingerprint density at radius 1 is 1.07 bits per heavy atom. The van der Waals surface area contributed by atoms with Crippen LogP contribution in [0.1, 0.15) is 64.0 Å². The van der Waals surface area contributed by atoms with Crippen molar-refractivity contribution in [2.45, 2.75) is 58.3 Å². The number of hydrogen-bond acceptors (Lipinski definition) is 5. The molecular formula is C20H32N4O3. The maximum absolute atomic E-state index is 12.3. The predicted octanol–water partition coefficient (Wildman–Crippen LogP) is 2.70. The Morgan fingerprint density at radius 3 is 2.30 bits per heavy atom. The fourth-order valence-corrected chi connectivity index (χ4v) is 3.27. The Bertz CT molecular complexity index is 596. The van der Waals surface area contributed by atoms with Crippen LogP contribution < -0.4 is 10.4 Å². The van der Waals surface area contributed by atoms with Crippen molar-refractivity contribution in [1.29, 1.82) is 0 Å². The van der Waals surface area contributed by atoms with Crippen molar-refractivity contribution in [3.8, 4) is 0 Å². The molecule has 1 aliphatic heterocycles. The second-order valence-electron chi connectivity index (χ2n) is 7.41. The van der Waals surface area contributed by atoms with E-state index in [9.17, 15) is 9.59 Å². The summed E-state index contributed by atoms with van der Waals surface area (Å²) in [6, 6.07) is 4.21. The van der Waals surface area contributed by atoms with Crippen molar-refractivity contribution in [3.63, 3.8) is 0 Å². The zero-order valence-electron chi connectivity index (χ0n) is 16.5. The molecule has 27 heavy (non-hydrogen) atoms. The lowest BCUT2D eigenvalue weighted by atomic mass is 10.1. The Balaban J connectivity index is 1.64. The van der Waals surface area contributed by atoms with Crippen molar-refractivity contribution in [3.05, 3.63) is 24.0 Å². The molecule has 1 aromatic rings. The minimum absolute atomic E-state index is 0.219. The van der Waals surface area contributed by atoms with Gasteiger partial charge in [-0.25, -0.2) is 5.48 Å². The largest absolute Gasteiger partial charge is 0.367 e. The maximum atomic E-state index is 12.3. The molecule has 0 aliphatic carbocycles. The average molecular weight is 377 g/mol. The Morgan fingerprint density at radius 2 is 1.74 bits per heavy atom. The molecule has 2 heterocycles. The van der Waals surface area contributed by atoms with Crippen LogP contribution in [0.4, 0.5) is 5.69 Å². The third-order valence-corrected chi connectivity index (χ3v) is 5.03. The fourth-order valence-electron chi connectivity index (χ4n) is 3.27. The first-order chi connectivity index (χ1) is 13.0. The number of nitrogens with one attached hydrogen (secondary N) is 1. The summed E-state index contributed by atoms with van der Waals surface area (Å²) < 4.78 is 0. The SMILES string of the molecule is CC(C)c1ccc(N2CCN(C(=O)CCCCCCC(=O)NO)CC2)cn1. The second kappa shape index (κ2) is 10.9. The van der Waals surface area contributed by atoms with Gasteiger partial charge in [-0.2, -0.15) is 0 Å². The number of unbranched alkanes of at least 4 members (excludes halogenated alkanes) is 3. The highest BCUT2D eigenvalue weighted by Crippen LogP contribution is 2.19. The van der Waals surface area contributed by atoms with Crippen LogP contribution in [-0.2, 0) is 9.59 Å². The third kappa shape index (κ3) is 6.82. The molecule has 0 radical (unpaired) electrons. The summed E-state index contributed by atoms with van der Waals surface area (Å²) in [6.07, 6.45) is 6.25. The number of amides is 2. The molecule has 1 fully saturated rings. The van der Waals surface area contributed by atoms with E-state index in [-0.39, 0.29) is 11.8 Å².